The van der Waals surface area contributed by atoms with Crippen molar-refractivity contribution >= 4 is 27.8 Å². The number of ether oxygens (including phenoxy) is 1. The topological polar surface area (TPSA) is 95.4 Å². The average molecular weight is 467 g/mol. The highest BCUT2D eigenvalue weighted by Gasteiger charge is 2.17. The molecule has 5 rings (SSSR count). The number of rotatable bonds is 4. The van der Waals surface area contributed by atoms with Gasteiger partial charge in [-0.15, -0.1) is 0 Å². The van der Waals surface area contributed by atoms with E-state index in [1.807, 2.05) is 24.3 Å². The van der Waals surface area contributed by atoms with Gasteiger partial charge in [0.1, 0.15) is 22.8 Å². The van der Waals surface area contributed by atoms with Gasteiger partial charge in [0.25, 0.3) is 0 Å². The van der Waals surface area contributed by atoms with E-state index in [-0.39, 0.29) is 16.7 Å². The van der Waals surface area contributed by atoms with E-state index >= 15 is 0 Å². The molecule has 176 valence electrons. The molecule has 1 heterocycles. The average Bonchev–Trinajstić information content (AvgIpc) is 3.27. The third-order valence-electron chi connectivity index (χ3n) is 6.33. The second kappa shape index (κ2) is 8.17. The van der Waals surface area contributed by atoms with Gasteiger partial charge in [-0.05, 0) is 58.3 Å². The smallest absolute Gasteiger partial charge is 0.335 e. The van der Waals surface area contributed by atoms with Crippen LogP contribution in [0.3, 0.4) is 0 Å². The van der Waals surface area contributed by atoms with E-state index in [2.05, 4.69) is 50.0 Å². The molecule has 0 spiro atoms. The molecular formula is C29H26N2O4. The molecule has 0 fully saturated rings. The van der Waals surface area contributed by atoms with Crippen molar-refractivity contribution in [3.05, 3.63) is 77.9 Å². The maximum absolute atomic E-state index is 11.4. The van der Waals surface area contributed by atoms with Gasteiger partial charge in [0.2, 0.25) is 0 Å². The summed E-state index contributed by atoms with van der Waals surface area (Å²) in [4.78, 5) is 19.5. The molecule has 3 N–H and O–H groups in total. The molecule has 6 heteroatoms. The van der Waals surface area contributed by atoms with Crippen LogP contribution < -0.4 is 4.74 Å². The fraction of sp³-hybridized carbons (Fsp3) is 0.172. The van der Waals surface area contributed by atoms with Gasteiger partial charge in [-0.1, -0.05) is 51.1 Å². The number of fused-ring (bicyclic) bond motifs is 3. The molecule has 5 aromatic rings. The summed E-state index contributed by atoms with van der Waals surface area (Å²) in [6.07, 6.45) is 0. The van der Waals surface area contributed by atoms with Crippen molar-refractivity contribution in [1.29, 1.82) is 0 Å². The molecule has 6 nitrogen and oxygen atoms in total. The first-order chi connectivity index (χ1) is 16.7. The molecule has 0 saturated heterocycles. The molecule has 0 radical (unpaired) electrons. The Morgan fingerprint density at radius 1 is 0.943 bits per heavy atom. The number of phenols is 1. The van der Waals surface area contributed by atoms with Crippen LogP contribution in [0.1, 0.15) is 36.7 Å². The highest BCUT2D eigenvalue weighted by Crippen LogP contribution is 2.37. The number of aromatic amines is 1. The summed E-state index contributed by atoms with van der Waals surface area (Å²) in [5, 5.41) is 21.0. The van der Waals surface area contributed by atoms with E-state index in [0.717, 1.165) is 28.0 Å². The number of aromatic carboxylic acids is 1. The van der Waals surface area contributed by atoms with Crippen LogP contribution in [-0.2, 0) is 5.41 Å². The summed E-state index contributed by atoms with van der Waals surface area (Å²) in [7, 11) is 1.66. The highest BCUT2D eigenvalue weighted by molar-refractivity contribution is 6.10. The van der Waals surface area contributed by atoms with Crippen LogP contribution in [0.5, 0.6) is 11.5 Å². The molecule has 0 aliphatic heterocycles. The van der Waals surface area contributed by atoms with Gasteiger partial charge in [0.05, 0.1) is 23.6 Å². The van der Waals surface area contributed by atoms with Crippen molar-refractivity contribution in [2.45, 2.75) is 26.2 Å². The van der Waals surface area contributed by atoms with E-state index in [0.29, 0.717) is 22.1 Å². The fourth-order valence-corrected chi connectivity index (χ4v) is 4.40. The predicted molar refractivity (Wildman–Crippen MR) is 138 cm³/mol. The van der Waals surface area contributed by atoms with E-state index in [9.17, 15) is 15.0 Å². The number of phenolic OH excluding ortho intramolecular Hbond substituents is 1. The van der Waals surface area contributed by atoms with Crippen molar-refractivity contribution in [2.75, 3.05) is 7.11 Å². The zero-order valence-electron chi connectivity index (χ0n) is 20.0. The van der Waals surface area contributed by atoms with Gasteiger partial charge in [0.15, 0.2) is 0 Å². The van der Waals surface area contributed by atoms with Crippen molar-refractivity contribution in [3.8, 4) is 34.0 Å². The number of carboxylic acids is 1. The minimum Gasteiger partial charge on any atom is -0.507 e. The minimum absolute atomic E-state index is 0.0300. The van der Waals surface area contributed by atoms with Gasteiger partial charge >= 0.3 is 5.97 Å². The standard InChI is InChI=1S/C29H26N2O4/c1-29(2,3)20-9-5-16(6-10-20)21-14-18(8-12-24(21)35-4)27-30-22-11-7-17-13-19(28(33)34)15-23(32)25(17)26(22)31-27/h5-15,32H,1-4H3,(H,30,31)(H,33,34). The minimum atomic E-state index is -1.09. The van der Waals surface area contributed by atoms with Crippen molar-refractivity contribution in [2.24, 2.45) is 0 Å². The normalized spacial score (nSPS) is 11.8. The van der Waals surface area contributed by atoms with Crippen molar-refractivity contribution < 1.29 is 19.7 Å². The number of carboxylic acid groups (broad SMARTS) is 1. The molecule has 0 aliphatic carbocycles. The molecule has 1 aromatic heterocycles. The largest absolute Gasteiger partial charge is 0.507 e. The number of aromatic hydroxyl groups is 1. The Morgan fingerprint density at radius 2 is 1.66 bits per heavy atom. The quantitative estimate of drug-likeness (QED) is 0.272. The number of nitrogens with one attached hydrogen (secondary N) is 1. The van der Waals surface area contributed by atoms with Crippen LogP contribution in [0.25, 0.3) is 44.3 Å². The number of hydrogen-bond donors (Lipinski definition) is 3. The summed E-state index contributed by atoms with van der Waals surface area (Å²) < 4.78 is 5.64. The number of carbonyl (C=O) groups is 1. The number of benzene rings is 4. The van der Waals surface area contributed by atoms with E-state index in [1.54, 1.807) is 13.2 Å². The Labute approximate surface area is 202 Å². The summed E-state index contributed by atoms with van der Waals surface area (Å²) >= 11 is 0. The molecule has 4 aromatic carbocycles. The summed E-state index contributed by atoms with van der Waals surface area (Å²) in [6.45, 7) is 6.57. The van der Waals surface area contributed by atoms with Gasteiger partial charge in [-0.2, -0.15) is 0 Å². The lowest BCUT2D eigenvalue weighted by molar-refractivity contribution is 0.0696. The van der Waals surface area contributed by atoms with Gasteiger partial charge < -0.3 is 19.9 Å². The zero-order chi connectivity index (χ0) is 24.9. The Kier molecular flexibility index (Phi) is 5.24. The van der Waals surface area contributed by atoms with Crippen molar-refractivity contribution in [1.82, 2.24) is 9.97 Å². The third-order valence-corrected chi connectivity index (χ3v) is 6.33. The van der Waals surface area contributed by atoms with Crippen molar-refractivity contribution in [3.63, 3.8) is 0 Å². The van der Waals surface area contributed by atoms with Crippen LogP contribution in [0, 0.1) is 0 Å². The zero-order valence-corrected chi connectivity index (χ0v) is 20.0. The monoisotopic (exact) mass is 466 g/mol. The van der Waals surface area contributed by atoms with Crippen LogP contribution >= 0.6 is 0 Å². The fourth-order valence-electron chi connectivity index (χ4n) is 4.40. The first kappa shape index (κ1) is 22.5. The maximum atomic E-state index is 11.4. The molecular weight excluding hydrogens is 440 g/mol. The molecule has 0 unspecified atom stereocenters. The SMILES string of the molecule is COc1ccc(-c2nc3c(ccc4cc(C(=O)O)cc(O)c43)[nH]2)cc1-c1ccc(C(C)(C)C)cc1. The third kappa shape index (κ3) is 3.97. The first-order valence-electron chi connectivity index (χ1n) is 11.3. The summed E-state index contributed by atoms with van der Waals surface area (Å²) in [6, 6.07) is 20.8. The Hall–Kier alpha value is -4.32. The lowest BCUT2D eigenvalue weighted by Crippen LogP contribution is -2.10. The second-order valence-corrected chi connectivity index (χ2v) is 9.69. The van der Waals surface area contributed by atoms with Crippen LogP contribution in [0.4, 0.5) is 0 Å². The lowest BCUT2D eigenvalue weighted by atomic mass is 9.86. The molecule has 0 aliphatic rings. The molecule has 0 bridgehead atoms. The number of H-pyrrole nitrogens is 1. The lowest BCUT2D eigenvalue weighted by Gasteiger charge is -2.19. The summed E-state index contributed by atoms with van der Waals surface area (Å²) in [5.74, 6) is 0.200. The molecule has 35 heavy (non-hydrogen) atoms. The highest BCUT2D eigenvalue weighted by atomic mass is 16.5. The van der Waals surface area contributed by atoms with E-state index < -0.39 is 5.97 Å². The van der Waals surface area contributed by atoms with E-state index in [4.69, 9.17) is 9.72 Å². The number of imidazole rings is 1. The number of aromatic nitrogens is 2. The Balaban J connectivity index is 1.63. The van der Waals surface area contributed by atoms with Crippen LogP contribution in [0.15, 0.2) is 66.7 Å². The molecule has 0 amide bonds. The van der Waals surface area contributed by atoms with Gasteiger partial charge in [-0.3, -0.25) is 0 Å². The van der Waals surface area contributed by atoms with Crippen LogP contribution in [-0.4, -0.2) is 33.3 Å². The second-order valence-electron chi connectivity index (χ2n) is 9.69. The Morgan fingerprint density at radius 3 is 2.31 bits per heavy atom. The van der Waals surface area contributed by atoms with E-state index in [1.165, 1.54) is 17.7 Å². The predicted octanol–water partition coefficient (Wildman–Crippen LogP) is 6.76. The van der Waals surface area contributed by atoms with Crippen LogP contribution in [0.2, 0.25) is 0 Å². The number of hydrogen-bond acceptors (Lipinski definition) is 4. The van der Waals surface area contributed by atoms with Gasteiger partial charge in [0, 0.05) is 11.1 Å². The summed E-state index contributed by atoms with van der Waals surface area (Å²) in [5.41, 5.74) is 5.54. The number of nitrogens with zero attached hydrogens (tertiary/aromatic N) is 1. The Bertz CT molecular complexity index is 1590. The maximum Gasteiger partial charge on any atom is 0.335 e. The molecule has 0 atom stereocenters. The first-order valence-corrected chi connectivity index (χ1v) is 11.3. The van der Waals surface area contributed by atoms with Gasteiger partial charge in [-0.25, -0.2) is 9.78 Å². The number of methoxy groups -OCH3 is 1. The molecule has 0 saturated carbocycles.